The van der Waals surface area contributed by atoms with E-state index in [4.69, 9.17) is 5.73 Å². The van der Waals surface area contributed by atoms with Gasteiger partial charge in [-0.3, -0.25) is 4.79 Å². The molecule has 21 heavy (non-hydrogen) atoms. The number of nitrogens with one attached hydrogen (secondary N) is 1. The molecule has 0 fully saturated rings. The predicted molar refractivity (Wildman–Crippen MR) is 87.2 cm³/mol. The number of nitrogens with two attached hydrogens (primary N) is 1. The average molecular weight is 282 g/mol. The Morgan fingerprint density at radius 1 is 1.05 bits per heavy atom. The number of para-hydroxylation sites is 1. The van der Waals surface area contributed by atoms with Crippen LogP contribution in [0.25, 0.3) is 0 Å². The summed E-state index contributed by atoms with van der Waals surface area (Å²) >= 11 is 0. The molecule has 0 radical (unpaired) electrons. The molecule has 2 aromatic rings. The van der Waals surface area contributed by atoms with Crippen LogP contribution in [0.1, 0.15) is 42.3 Å². The minimum Gasteiger partial charge on any atom is -0.398 e. The number of carbonyl (C=O) groups is 1. The van der Waals surface area contributed by atoms with E-state index < -0.39 is 0 Å². The van der Waals surface area contributed by atoms with Gasteiger partial charge in [-0.1, -0.05) is 51.1 Å². The van der Waals surface area contributed by atoms with Gasteiger partial charge in [-0.05, 0) is 34.7 Å². The molecule has 0 spiro atoms. The molecule has 3 nitrogen and oxygen atoms in total. The molecular weight excluding hydrogens is 260 g/mol. The van der Waals surface area contributed by atoms with Gasteiger partial charge < -0.3 is 11.1 Å². The first-order chi connectivity index (χ1) is 9.88. The molecule has 0 aliphatic carbocycles. The third-order valence-corrected chi connectivity index (χ3v) is 3.51. The first-order valence-electron chi connectivity index (χ1n) is 7.10. The van der Waals surface area contributed by atoms with Crippen molar-refractivity contribution in [2.24, 2.45) is 0 Å². The summed E-state index contributed by atoms with van der Waals surface area (Å²) in [6.45, 7) is 6.90. The maximum atomic E-state index is 12.1. The molecule has 0 aliphatic rings. The number of hydrogen-bond donors (Lipinski definition) is 2. The summed E-state index contributed by atoms with van der Waals surface area (Å²) in [5.74, 6) is -0.0845. The Morgan fingerprint density at radius 2 is 1.67 bits per heavy atom. The molecule has 0 aromatic heterocycles. The van der Waals surface area contributed by atoms with Crippen LogP contribution in [0.3, 0.4) is 0 Å². The fourth-order valence-electron chi connectivity index (χ4n) is 2.09. The van der Waals surface area contributed by atoms with Crippen LogP contribution in [0.2, 0.25) is 0 Å². The molecule has 0 atom stereocenters. The van der Waals surface area contributed by atoms with Gasteiger partial charge in [0.1, 0.15) is 0 Å². The largest absolute Gasteiger partial charge is 0.398 e. The lowest BCUT2D eigenvalue weighted by Crippen LogP contribution is -2.23. The van der Waals surface area contributed by atoms with Crippen LogP contribution >= 0.6 is 0 Å². The van der Waals surface area contributed by atoms with E-state index in [2.05, 4.69) is 26.1 Å². The first-order valence-corrected chi connectivity index (χ1v) is 7.10. The number of nitrogen functional groups attached to an aromatic ring is 1. The number of carbonyl (C=O) groups excluding carboxylic acids is 1. The molecule has 2 rings (SSSR count). The normalized spacial score (nSPS) is 11.2. The Hall–Kier alpha value is -2.29. The molecular formula is C18H22N2O. The van der Waals surface area contributed by atoms with E-state index in [1.165, 1.54) is 5.56 Å². The highest BCUT2D eigenvalue weighted by molar-refractivity contribution is 5.94. The second-order valence-electron chi connectivity index (χ2n) is 6.21. The quantitative estimate of drug-likeness (QED) is 0.847. The van der Waals surface area contributed by atoms with Gasteiger partial charge in [0.2, 0.25) is 0 Å². The lowest BCUT2D eigenvalue weighted by atomic mass is 9.87. The Morgan fingerprint density at radius 3 is 2.24 bits per heavy atom. The Balaban J connectivity index is 2.03. The summed E-state index contributed by atoms with van der Waals surface area (Å²) in [7, 11) is 0. The number of rotatable bonds is 3. The average Bonchev–Trinajstić information content (AvgIpc) is 2.45. The van der Waals surface area contributed by atoms with Crippen molar-refractivity contribution in [1.82, 2.24) is 5.32 Å². The molecule has 110 valence electrons. The van der Waals surface area contributed by atoms with Crippen LogP contribution in [0.4, 0.5) is 5.69 Å². The van der Waals surface area contributed by atoms with Crippen molar-refractivity contribution < 1.29 is 4.79 Å². The molecule has 0 saturated heterocycles. The summed E-state index contributed by atoms with van der Waals surface area (Å²) < 4.78 is 0. The Bertz CT molecular complexity index is 624. The molecule has 3 heteroatoms. The number of amides is 1. The van der Waals surface area contributed by atoms with Gasteiger partial charge >= 0.3 is 0 Å². The van der Waals surface area contributed by atoms with Crippen LogP contribution in [0.5, 0.6) is 0 Å². The molecule has 1 amide bonds. The van der Waals surface area contributed by atoms with Crippen molar-refractivity contribution >= 4 is 11.6 Å². The third kappa shape index (κ3) is 3.85. The van der Waals surface area contributed by atoms with Crippen molar-refractivity contribution in [2.75, 3.05) is 5.73 Å². The fourth-order valence-corrected chi connectivity index (χ4v) is 2.09. The second kappa shape index (κ2) is 6.00. The molecule has 2 aromatic carbocycles. The number of anilines is 1. The Labute approximate surface area is 126 Å². The van der Waals surface area contributed by atoms with Crippen LogP contribution in [0, 0.1) is 0 Å². The van der Waals surface area contributed by atoms with Crippen LogP contribution in [-0.2, 0) is 12.0 Å². The maximum Gasteiger partial charge on any atom is 0.251 e. The van der Waals surface area contributed by atoms with Gasteiger partial charge in [0.15, 0.2) is 0 Å². The van der Waals surface area contributed by atoms with E-state index >= 15 is 0 Å². The van der Waals surface area contributed by atoms with E-state index in [0.717, 1.165) is 5.56 Å². The highest BCUT2D eigenvalue weighted by Gasteiger charge is 2.14. The van der Waals surface area contributed by atoms with Gasteiger partial charge in [0.05, 0.1) is 0 Å². The van der Waals surface area contributed by atoms with Gasteiger partial charge in [0.25, 0.3) is 5.91 Å². The zero-order valence-corrected chi connectivity index (χ0v) is 12.8. The highest BCUT2D eigenvalue weighted by Crippen LogP contribution is 2.22. The van der Waals surface area contributed by atoms with Crippen molar-refractivity contribution in [3.63, 3.8) is 0 Å². The minimum atomic E-state index is -0.0845. The van der Waals surface area contributed by atoms with Crippen molar-refractivity contribution in [1.29, 1.82) is 0 Å². The van der Waals surface area contributed by atoms with E-state index in [1.807, 2.05) is 48.5 Å². The van der Waals surface area contributed by atoms with E-state index in [-0.39, 0.29) is 11.3 Å². The smallest absolute Gasteiger partial charge is 0.251 e. The maximum absolute atomic E-state index is 12.1. The lowest BCUT2D eigenvalue weighted by Gasteiger charge is -2.19. The first kappa shape index (κ1) is 15.1. The fraction of sp³-hybridized carbons (Fsp3) is 0.278. The van der Waals surface area contributed by atoms with E-state index in [1.54, 1.807) is 0 Å². The Kier molecular flexibility index (Phi) is 4.32. The summed E-state index contributed by atoms with van der Waals surface area (Å²) in [5, 5.41) is 2.90. The standard InChI is InChI=1S/C18H22N2O/c1-18(2,3)15-10-8-13(9-11-15)17(21)20-12-14-6-4-5-7-16(14)19/h4-11H,12,19H2,1-3H3,(H,20,21). The van der Waals surface area contributed by atoms with Gasteiger partial charge in [-0.15, -0.1) is 0 Å². The summed E-state index contributed by atoms with van der Waals surface area (Å²) in [4.78, 5) is 12.1. The van der Waals surface area contributed by atoms with Gasteiger partial charge in [-0.25, -0.2) is 0 Å². The van der Waals surface area contributed by atoms with E-state index in [9.17, 15) is 4.79 Å². The predicted octanol–water partition coefficient (Wildman–Crippen LogP) is 3.50. The summed E-state index contributed by atoms with van der Waals surface area (Å²) in [6, 6.07) is 15.3. The van der Waals surface area contributed by atoms with Crippen LogP contribution < -0.4 is 11.1 Å². The third-order valence-electron chi connectivity index (χ3n) is 3.51. The van der Waals surface area contributed by atoms with Crippen LogP contribution in [-0.4, -0.2) is 5.91 Å². The SMILES string of the molecule is CC(C)(C)c1ccc(C(=O)NCc2ccccc2N)cc1. The molecule has 3 N–H and O–H groups in total. The molecule has 0 bridgehead atoms. The number of hydrogen-bond acceptors (Lipinski definition) is 2. The summed E-state index contributed by atoms with van der Waals surface area (Å²) in [6.07, 6.45) is 0. The minimum absolute atomic E-state index is 0.0845. The molecule has 0 aliphatic heterocycles. The summed E-state index contributed by atoms with van der Waals surface area (Å²) in [5.41, 5.74) is 9.45. The van der Waals surface area contributed by atoms with Gasteiger partial charge in [0, 0.05) is 17.8 Å². The monoisotopic (exact) mass is 282 g/mol. The second-order valence-corrected chi connectivity index (χ2v) is 6.21. The molecule has 0 heterocycles. The van der Waals surface area contributed by atoms with E-state index in [0.29, 0.717) is 17.8 Å². The van der Waals surface area contributed by atoms with Crippen molar-refractivity contribution in [2.45, 2.75) is 32.7 Å². The van der Waals surface area contributed by atoms with Crippen molar-refractivity contribution in [3.8, 4) is 0 Å². The molecule has 0 unspecified atom stereocenters. The van der Waals surface area contributed by atoms with Crippen LogP contribution in [0.15, 0.2) is 48.5 Å². The molecule has 0 saturated carbocycles. The topological polar surface area (TPSA) is 55.1 Å². The van der Waals surface area contributed by atoms with Gasteiger partial charge in [-0.2, -0.15) is 0 Å². The lowest BCUT2D eigenvalue weighted by molar-refractivity contribution is 0.0951. The zero-order valence-electron chi connectivity index (χ0n) is 12.8. The highest BCUT2D eigenvalue weighted by atomic mass is 16.1. The van der Waals surface area contributed by atoms with Crippen molar-refractivity contribution in [3.05, 3.63) is 65.2 Å². The zero-order chi connectivity index (χ0) is 15.5. The number of benzene rings is 2.